The third kappa shape index (κ3) is 6.00. The second kappa shape index (κ2) is 8.25. The number of nitrogens with one attached hydrogen (secondary N) is 2. The van der Waals surface area contributed by atoms with Gasteiger partial charge < -0.3 is 16.4 Å². The maximum Gasteiger partial charge on any atom is 0.222 e. The lowest BCUT2D eigenvalue weighted by Gasteiger charge is -2.06. The van der Waals surface area contributed by atoms with Crippen molar-refractivity contribution in [1.82, 2.24) is 10.6 Å². The molecule has 0 radical (unpaired) electrons. The van der Waals surface area contributed by atoms with Crippen LogP contribution in [-0.4, -0.2) is 24.9 Å². The molecule has 0 saturated heterocycles. The first kappa shape index (κ1) is 14.2. The topological polar surface area (TPSA) is 84.2 Å². The number of carbonyl (C=O) groups excluding carboxylic acids is 2. The van der Waals surface area contributed by atoms with Gasteiger partial charge in [-0.15, -0.1) is 0 Å². The summed E-state index contributed by atoms with van der Waals surface area (Å²) in [6, 6.07) is 9.67. The van der Waals surface area contributed by atoms with Crippen LogP contribution in [0.5, 0.6) is 0 Å². The predicted molar refractivity (Wildman–Crippen MR) is 69.6 cm³/mol. The highest BCUT2D eigenvalue weighted by atomic mass is 16.2. The largest absolute Gasteiger partial charge is 0.356 e. The third-order valence-electron chi connectivity index (χ3n) is 2.38. The monoisotopic (exact) mass is 249 g/mol. The normalized spacial score (nSPS) is 9.83. The number of benzene rings is 1. The summed E-state index contributed by atoms with van der Waals surface area (Å²) in [6.45, 7) is 1.18. The maximum absolute atomic E-state index is 11.5. The number of carbonyl (C=O) groups is 2. The van der Waals surface area contributed by atoms with E-state index in [1.165, 1.54) is 0 Å². The van der Waals surface area contributed by atoms with E-state index in [9.17, 15) is 9.59 Å². The van der Waals surface area contributed by atoms with E-state index in [2.05, 4.69) is 10.6 Å². The van der Waals surface area contributed by atoms with Crippen LogP contribution >= 0.6 is 0 Å². The molecule has 0 fully saturated rings. The Labute approximate surface area is 107 Å². The molecule has 98 valence electrons. The van der Waals surface area contributed by atoms with Crippen molar-refractivity contribution in [2.45, 2.75) is 19.4 Å². The minimum absolute atomic E-state index is 0.0769. The van der Waals surface area contributed by atoms with Gasteiger partial charge in [0.15, 0.2) is 0 Å². The van der Waals surface area contributed by atoms with Crippen LogP contribution in [0.1, 0.15) is 18.4 Å². The lowest BCUT2D eigenvalue weighted by molar-refractivity contribution is -0.122. The van der Waals surface area contributed by atoms with E-state index in [0.29, 0.717) is 26.1 Å². The summed E-state index contributed by atoms with van der Waals surface area (Å²) in [6.07, 6.45) is 0.578. The number of hydrogen-bond acceptors (Lipinski definition) is 3. The van der Waals surface area contributed by atoms with Gasteiger partial charge in [0, 0.05) is 32.5 Å². The first-order valence-electron chi connectivity index (χ1n) is 5.99. The molecule has 0 aliphatic heterocycles. The van der Waals surface area contributed by atoms with Crippen molar-refractivity contribution >= 4 is 11.8 Å². The highest BCUT2D eigenvalue weighted by Gasteiger charge is 2.03. The van der Waals surface area contributed by atoms with E-state index in [4.69, 9.17) is 5.73 Å². The Kier molecular flexibility index (Phi) is 6.50. The van der Waals surface area contributed by atoms with Gasteiger partial charge in [0.25, 0.3) is 0 Å². The number of amides is 2. The van der Waals surface area contributed by atoms with Crippen LogP contribution in [0.2, 0.25) is 0 Å². The molecular weight excluding hydrogens is 230 g/mol. The fourth-order valence-electron chi connectivity index (χ4n) is 1.42. The van der Waals surface area contributed by atoms with Crippen LogP contribution in [-0.2, 0) is 16.1 Å². The molecule has 0 unspecified atom stereocenters. The minimum Gasteiger partial charge on any atom is -0.356 e. The van der Waals surface area contributed by atoms with Gasteiger partial charge in [-0.05, 0) is 5.56 Å². The van der Waals surface area contributed by atoms with Crippen molar-refractivity contribution in [3.8, 4) is 0 Å². The minimum atomic E-state index is -0.117. The van der Waals surface area contributed by atoms with Crippen LogP contribution in [0.3, 0.4) is 0 Å². The molecule has 1 rings (SSSR count). The molecule has 0 saturated carbocycles. The SMILES string of the molecule is NCCC(=O)NCCC(=O)NCc1ccccc1. The standard InChI is InChI=1S/C13H19N3O2/c14-8-6-12(17)15-9-7-13(18)16-10-11-4-2-1-3-5-11/h1-5H,6-10,14H2,(H,15,17)(H,16,18). The van der Waals surface area contributed by atoms with Gasteiger partial charge in [-0.3, -0.25) is 9.59 Å². The first-order valence-corrected chi connectivity index (χ1v) is 5.99. The summed E-state index contributed by atoms with van der Waals surface area (Å²) >= 11 is 0. The number of hydrogen-bond donors (Lipinski definition) is 3. The van der Waals surface area contributed by atoms with Crippen LogP contribution < -0.4 is 16.4 Å². The van der Waals surface area contributed by atoms with Crippen molar-refractivity contribution in [2.75, 3.05) is 13.1 Å². The van der Waals surface area contributed by atoms with Crippen molar-refractivity contribution in [1.29, 1.82) is 0 Å². The van der Waals surface area contributed by atoms with E-state index < -0.39 is 0 Å². The second-order valence-electron chi connectivity index (χ2n) is 3.90. The number of rotatable bonds is 7. The maximum atomic E-state index is 11.5. The lowest BCUT2D eigenvalue weighted by Crippen LogP contribution is -2.31. The van der Waals surface area contributed by atoms with E-state index >= 15 is 0 Å². The third-order valence-corrected chi connectivity index (χ3v) is 2.38. The molecule has 1 aromatic carbocycles. The quantitative estimate of drug-likeness (QED) is 0.643. The molecule has 0 bridgehead atoms. The molecule has 0 aliphatic carbocycles. The first-order chi connectivity index (χ1) is 8.72. The molecule has 18 heavy (non-hydrogen) atoms. The summed E-state index contributed by atoms with van der Waals surface area (Å²) in [5.41, 5.74) is 6.29. The molecule has 1 aromatic rings. The zero-order valence-corrected chi connectivity index (χ0v) is 10.3. The van der Waals surface area contributed by atoms with E-state index in [-0.39, 0.29) is 18.2 Å². The fourth-order valence-corrected chi connectivity index (χ4v) is 1.42. The molecule has 2 amide bonds. The number of nitrogens with two attached hydrogens (primary N) is 1. The summed E-state index contributed by atoms with van der Waals surface area (Å²) in [5, 5.41) is 5.42. The summed E-state index contributed by atoms with van der Waals surface area (Å²) in [4.78, 5) is 22.5. The molecule has 4 N–H and O–H groups in total. The van der Waals surface area contributed by atoms with Gasteiger partial charge in [-0.2, -0.15) is 0 Å². The molecule has 0 aromatic heterocycles. The van der Waals surface area contributed by atoms with E-state index in [1.807, 2.05) is 30.3 Å². The smallest absolute Gasteiger partial charge is 0.222 e. The Morgan fingerprint density at radius 1 is 1.00 bits per heavy atom. The Morgan fingerprint density at radius 2 is 1.67 bits per heavy atom. The summed E-state index contributed by atoms with van der Waals surface area (Å²) in [7, 11) is 0. The fraction of sp³-hybridized carbons (Fsp3) is 0.385. The van der Waals surface area contributed by atoms with Gasteiger partial charge in [-0.25, -0.2) is 0 Å². The summed E-state index contributed by atoms with van der Waals surface area (Å²) in [5.74, 6) is -0.194. The Morgan fingerprint density at radius 3 is 2.33 bits per heavy atom. The van der Waals surface area contributed by atoms with Gasteiger partial charge in [-0.1, -0.05) is 30.3 Å². The molecule has 0 spiro atoms. The van der Waals surface area contributed by atoms with Crippen molar-refractivity contribution in [3.63, 3.8) is 0 Å². The van der Waals surface area contributed by atoms with Gasteiger partial charge in [0.2, 0.25) is 11.8 Å². The van der Waals surface area contributed by atoms with Gasteiger partial charge in [0.1, 0.15) is 0 Å². The van der Waals surface area contributed by atoms with Crippen molar-refractivity contribution in [2.24, 2.45) is 5.73 Å². The molecule has 0 aliphatic rings. The molecule has 0 atom stereocenters. The van der Waals surface area contributed by atoms with Crippen molar-refractivity contribution < 1.29 is 9.59 Å². The van der Waals surface area contributed by atoms with Crippen molar-refractivity contribution in [3.05, 3.63) is 35.9 Å². The zero-order valence-electron chi connectivity index (χ0n) is 10.3. The molecular formula is C13H19N3O2. The Balaban J connectivity index is 2.13. The molecule has 5 heteroatoms. The zero-order chi connectivity index (χ0) is 13.2. The highest BCUT2D eigenvalue weighted by Crippen LogP contribution is 1.97. The highest BCUT2D eigenvalue weighted by molar-refractivity contribution is 5.79. The predicted octanol–water partition coefficient (Wildman–Crippen LogP) is 0.158. The lowest BCUT2D eigenvalue weighted by atomic mass is 10.2. The van der Waals surface area contributed by atoms with Crippen LogP contribution in [0.15, 0.2) is 30.3 Å². The average molecular weight is 249 g/mol. The van der Waals surface area contributed by atoms with Gasteiger partial charge in [0.05, 0.1) is 0 Å². The van der Waals surface area contributed by atoms with E-state index in [1.54, 1.807) is 0 Å². The van der Waals surface area contributed by atoms with E-state index in [0.717, 1.165) is 5.56 Å². The van der Waals surface area contributed by atoms with Crippen LogP contribution in [0.4, 0.5) is 0 Å². The van der Waals surface area contributed by atoms with Crippen LogP contribution in [0.25, 0.3) is 0 Å². The molecule has 5 nitrogen and oxygen atoms in total. The second-order valence-corrected chi connectivity index (χ2v) is 3.90. The Hall–Kier alpha value is -1.88. The average Bonchev–Trinajstić information content (AvgIpc) is 2.38. The Bertz CT molecular complexity index is 379. The van der Waals surface area contributed by atoms with Gasteiger partial charge >= 0.3 is 0 Å². The summed E-state index contributed by atoms with van der Waals surface area (Å²) < 4.78 is 0. The van der Waals surface area contributed by atoms with Crippen LogP contribution in [0, 0.1) is 0 Å². The molecule has 0 heterocycles.